The molecule has 1 saturated carbocycles. The van der Waals surface area contributed by atoms with Crippen molar-refractivity contribution in [2.24, 2.45) is 17.3 Å². The first-order chi connectivity index (χ1) is 15.7. The Morgan fingerprint density at radius 1 is 1.09 bits per heavy atom. The Morgan fingerprint density at radius 3 is 2.26 bits per heavy atom. The summed E-state index contributed by atoms with van der Waals surface area (Å²) < 4.78 is 22.6. The molecule has 190 valence electrons. The molecule has 2 aliphatic heterocycles. The minimum absolute atomic E-state index is 0.0170. The van der Waals surface area contributed by atoms with E-state index < -0.39 is 83.0 Å². The lowest BCUT2D eigenvalue weighted by Gasteiger charge is -2.56. The van der Waals surface area contributed by atoms with Crippen LogP contribution in [0.2, 0.25) is 0 Å². The van der Waals surface area contributed by atoms with Gasteiger partial charge in [0.1, 0.15) is 18.3 Å². The molecule has 11 atom stereocenters. The Bertz CT molecular complexity index is 931. The fraction of sp³-hybridized carbons (Fsp3) is 0.792. The van der Waals surface area contributed by atoms with Gasteiger partial charge in [-0.25, -0.2) is 4.79 Å². The number of esters is 3. The van der Waals surface area contributed by atoms with Crippen molar-refractivity contribution in [2.45, 2.75) is 102 Å². The van der Waals surface area contributed by atoms with Crippen molar-refractivity contribution in [1.29, 1.82) is 0 Å². The summed E-state index contributed by atoms with van der Waals surface area (Å²) in [6.07, 6.45) is -4.93. The highest BCUT2D eigenvalue weighted by Crippen LogP contribution is 2.64. The van der Waals surface area contributed by atoms with Gasteiger partial charge in [-0.2, -0.15) is 0 Å². The summed E-state index contributed by atoms with van der Waals surface area (Å²) in [6, 6.07) is 0. The first kappa shape index (κ1) is 25.1. The standard InChI is InChI=1S/C24H34O10/c1-10-7-15(31-12(3)25)19(28)22(5)16(32-13(4)26)9-14(27)11(2)18(22)20(29)24-17(8-10)33-21(30)23(24,6)34-24/h8,11,14-20,27-29H,7,9H2,1-6H3/b10-8-/t11-,14-,15-,16-,17-,18+,19-,20+,22-,23-,24-/m0/s1. The van der Waals surface area contributed by atoms with Crippen molar-refractivity contribution in [3.63, 3.8) is 0 Å². The molecule has 0 unspecified atom stereocenters. The fourth-order valence-corrected chi connectivity index (χ4v) is 6.67. The predicted octanol–water partition coefficient (Wildman–Crippen LogP) is 0.398. The molecule has 2 aliphatic carbocycles. The van der Waals surface area contributed by atoms with Gasteiger partial charge in [-0.05, 0) is 25.8 Å². The summed E-state index contributed by atoms with van der Waals surface area (Å²) in [5.41, 5.74) is -3.55. The third-order valence-corrected chi connectivity index (χ3v) is 8.52. The number of carbonyl (C=O) groups excluding carboxylic acids is 3. The Kier molecular flexibility index (Phi) is 5.91. The molecule has 0 aromatic carbocycles. The van der Waals surface area contributed by atoms with Crippen LogP contribution < -0.4 is 0 Å². The summed E-state index contributed by atoms with van der Waals surface area (Å²) in [7, 11) is 0. The Hall–Kier alpha value is -2.01. The number of carbonyl (C=O) groups is 3. The van der Waals surface area contributed by atoms with Gasteiger partial charge in [-0.3, -0.25) is 9.59 Å². The summed E-state index contributed by atoms with van der Waals surface area (Å²) in [4.78, 5) is 36.6. The monoisotopic (exact) mass is 482 g/mol. The zero-order valence-electron chi connectivity index (χ0n) is 20.3. The number of aliphatic hydroxyl groups is 3. The third kappa shape index (κ3) is 3.33. The van der Waals surface area contributed by atoms with Crippen LogP contribution in [0.1, 0.15) is 54.4 Å². The number of ether oxygens (including phenoxy) is 4. The molecule has 0 aromatic heterocycles. The van der Waals surface area contributed by atoms with Gasteiger partial charge in [-0.1, -0.05) is 19.4 Å². The average Bonchev–Trinajstić information content (AvgIpc) is 3.31. The first-order valence-electron chi connectivity index (χ1n) is 11.7. The third-order valence-electron chi connectivity index (χ3n) is 8.52. The van der Waals surface area contributed by atoms with E-state index in [1.807, 2.05) is 0 Å². The summed E-state index contributed by atoms with van der Waals surface area (Å²) >= 11 is 0. The van der Waals surface area contributed by atoms with Crippen LogP contribution in [0.25, 0.3) is 0 Å². The van der Waals surface area contributed by atoms with E-state index in [1.165, 1.54) is 13.8 Å². The molecular formula is C24H34O10. The number of rotatable bonds is 2. The van der Waals surface area contributed by atoms with E-state index in [-0.39, 0.29) is 12.8 Å². The zero-order valence-corrected chi connectivity index (χ0v) is 20.3. The van der Waals surface area contributed by atoms with Crippen molar-refractivity contribution in [3.05, 3.63) is 11.6 Å². The lowest BCUT2D eigenvalue weighted by molar-refractivity contribution is -0.235. The maximum absolute atomic E-state index is 12.7. The van der Waals surface area contributed by atoms with E-state index in [0.29, 0.717) is 5.57 Å². The topological polar surface area (TPSA) is 152 Å². The van der Waals surface area contributed by atoms with E-state index in [9.17, 15) is 29.7 Å². The number of epoxide rings is 1. The molecule has 4 rings (SSSR count). The molecule has 1 spiro atoms. The summed E-state index contributed by atoms with van der Waals surface area (Å²) in [6.45, 7) is 9.13. The molecule has 10 nitrogen and oxygen atoms in total. The van der Waals surface area contributed by atoms with Gasteiger partial charge in [0.05, 0.1) is 12.2 Å². The zero-order chi connectivity index (χ0) is 25.4. The average molecular weight is 483 g/mol. The molecule has 0 bridgehead atoms. The van der Waals surface area contributed by atoms with Crippen LogP contribution in [-0.2, 0) is 33.3 Å². The summed E-state index contributed by atoms with van der Waals surface area (Å²) in [5.74, 6) is -3.35. The van der Waals surface area contributed by atoms with Crippen molar-refractivity contribution in [2.75, 3.05) is 0 Å². The van der Waals surface area contributed by atoms with E-state index >= 15 is 0 Å². The molecule has 4 aliphatic rings. The maximum Gasteiger partial charge on any atom is 0.342 e. The van der Waals surface area contributed by atoms with Crippen LogP contribution in [0, 0.1) is 17.3 Å². The molecular weight excluding hydrogens is 448 g/mol. The highest BCUT2D eigenvalue weighted by molar-refractivity contribution is 5.88. The SMILES string of the molecule is CC(=O)O[C@H]1C/C(C)=C\[C@@H]2OC(=O)[C@]3(C)O[C@]23[C@H](O)[C@H]2[C@@H](C)[C@@H](O)C[C@H](OC(C)=O)[C@]2(C)[C@H]1O. The molecule has 2 heterocycles. The van der Waals surface area contributed by atoms with Crippen molar-refractivity contribution in [1.82, 2.24) is 0 Å². The Balaban J connectivity index is 1.93. The molecule has 0 aromatic rings. The van der Waals surface area contributed by atoms with Gasteiger partial charge in [0.2, 0.25) is 0 Å². The van der Waals surface area contributed by atoms with E-state index in [0.717, 1.165) is 0 Å². The van der Waals surface area contributed by atoms with Crippen molar-refractivity contribution >= 4 is 17.9 Å². The predicted molar refractivity (Wildman–Crippen MR) is 115 cm³/mol. The molecule has 10 heteroatoms. The van der Waals surface area contributed by atoms with Crippen LogP contribution >= 0.6 is 0 Å². The minimum atomic E-state index is -1.43. The number of fused-ring (bicyclic) bond motifs is 1. The van der Waals surface area contributed by atoms with Gasteiger partial charge in [0.25, 0.3) is 0 Å². The Labute approximate surface area is 198 Å². The normalized spacial score (nSPS) is 51.6. The van der Waals surface area contributed by atoms with Gasteiger partial charge in [0, 0.05) is 38.0 Å². The van der Waals surface area contributed by atoms with Gasteiger partial charge in [-0.15, -0.1) is 0 Å². The van der Waals surface area contributed by atoms with Crippen molar-refractivity contribution in [3.8, 4) is 0 Å². The lowest BCUT2D eigenvalue weighted by Crippen LogP contribution is -2.66. The highest BCUT2D eigenvalue weighted by Gasteiger charge is 2.86. The maximum atomic E-state index is 12.7. The molecule has 2 saturated heterocycles. The van der Waals surface area contributed by atoms with Crippen LogP contribution in [0.15, 0.2) is 11.6 Å². The second-order valence-corrected chi connectivity index (χ2v) is 10.7. The number of aliphatic hydroxyl groups excluding tert-OH is 3. The van der Waals surface area contributed by atoms with Gasteiger partial charge < -0.3 is 34.3 Å². The van der Waals surface area contributed by atoms with E-state index in [1.54, 1.807) is 33.8 Å². The second kappa shape index (κ2) is 8.01. The van der Waals surface area contributed by atoms with Crippen LogP contribution in [0.4, 0.5) is 0 Å². The minimum Gasteiger partial charge on any atom is -0.462 e. The van der Waals surface area contributed by atoms with Crippen LogP contribution in [0.3, 0.4) is 0 Å². The van der Waals surface area contributed by atoms with Crippen LogP contribution in [-0.4, -0.2) is 81.1 Å². The largest absolute Gasteiger partial charge is 0.462 e. The molecule has 3 fully saturated rings. The number of hydrogen-bond acceptors (Lipinski definition) is 10. The smallest absolute Gasteiger partial charge is 0.342 e. The summed E-state index contributed by atoms with van der Waals surface area (Å²) in [5, 5.41) is 34.5. The fourth-order valence-electron chi connectivity index (χ4n) is 6.67. The molecule has 0 radical (unpaired) electrons. The molecule has 3 N–H and O–H groups in total. The number of hydrogen-bond donors (Lipinski definition) is 3. The Morgan fingerprint density at radius 2 is 1.71 bits per heavy atom. The van der Waals surface area contributed by atoms with Gasteiger partial charge in [0.15, 0.2) is 17.3 Å². The quantitative estimate of drug-likeness (QED) is 0.218. The van der Waals surface area contributed by atoms with E-state index in [2.05, 4.69) is 0 Å². The van der Waals surface area contributed by atoms with Crippen molar-refractivity contribution < 1.29 is 48.7 Å². The van der Waals surface area contributed by atoms with Gasteiger partial charge >= 0.3 is 17.9 Å². The first-order valence-corrected chi connectivity index (χ1v) is 11.7. The second-order valence-electron chi connectivity index (χ2n) is 10.7. The molecule has 0 amide bonds. The lowest BCUT2D eigenvalue weighted by atomic mass is 9.53. The van der Waals surface area contributed by atoms with E-state index in [4.69, 9.17) is 18.9 Å². The molecule has 34 heavy (non-hydrogen) atoms. The highest BCUT2D eigenvalue weighted by atomic mass is 16.7. The van der Waals surface area contributed by atoms with Crippen LogP contribution in [0.5, 0.6) is 0 Å².